The van der Waals surface area contributed by atoms with E-state index in [0.717, 1.165) is 29.1 Å². The molecule has 1 aromatic heterocycles. The summed E-state index contributed by atoms with van der Waals surface area (Å²) in [5, 5.41) is 5.55. The molecule has 1 saturated heterocycles. The van der Waals surface area contributed by atoms with Crippen LogP contribution in [0.15, 0.2) is 34.5 Å². The summed E-state index contributed by atoms with van der Waals surface area (Å²) in [5.41, 5.74) is 1.55. The average molecular weight is 452 g/mol. The summed E-state index contributed by atoms with van der Waals surface area (Å²) in [6.45, 7) is 1.40. The molecular weight excluding hydrogens is 426 g/mol. The number of aromatic nitrogens is 1. The summed E-state index contributed by atoms with van der Waals surface area (Å²) in [4.78, 5) is 31.0. The Labute approximate surface area is 180 Å². The van der Waals surface area contributed by atoms with Gasteiger partial charge >= 0.3 is 0 Å². The number of carbonyl (C=O) groups excluding carboxylic acids is 2. The highest BCUT2D eigenvalue weighted by Gasteiger charge is 2.28. The monoisotopic (exact) mass is 451 g/mol. The van der Waals surface area contributed by atoms with Gasteiger partial charge in [-0.15, -0.1) is 11.3 Å². The van der Waals surface area contributed by atoms with E-state index in [1.54, 1.807) is 29.2 Å². The molecule has 0 unspecified atom stereocenters. The van der Waals surface area contributed by atoms with Gasteiger partial charge in [0, 0.05) is 37.4 Å². The molecule has 3 rings (SSSR count). The second-order valence-corrected chi connectivity index (χ2v) is 10.2. The van der Waals surface area contributed by atoms with Crippen LogP contribution in [0.25, 0.3) is 11.3 Å². The van der Waals surface area contributed by atoms with E-state index in [0.29, 0.717) is 19.6 Å². The maximum atomic E-state index is 12.5. The van der Waals surface area contributed by atoms with Crippen molar-refractivity contribution in [2.45, 2.75) is 24.3 Å². The number of methoxy groups -OCH3 is 1. The molecule has 0 bridgehead atoms. The lowest BCUT2D eigenvalue weighted by atomic mass is 9.97. The number of sulfone groups is 1. The molecule has 1 aromatic carbocycles. The average Bonchev–Trinajstić information content (AvgIpc) is 3.21. The van der Waals surface area contributed by atoms with Gasteiger partial charge in [-0.2, -0.15) is 0 Å². The minimum atomic E-state index is -3.24. The molecule has 162 valence electrons. The summed E-state index contributed by atoms with van der Waals surface area (Å²) >= 11 is 1.43. The third-order valence-electron chi connectivity index (χ3n) is 4.96. The molecule has 0 saturated carbocycles. The number of carbonyl (C=O) groups is 2. The number of ether oxygens (including phenoxy) is 1. The van der Waals surface area contributed by atoms with Gasteiger partial charge in [-0.3, -0.25) is 9.59 Å². The van der Waals surface area contributed by atoms with E-state index < -0.39 is 9.84 Å². The first kappa shape index (κ1) is 22.4. The van der Waals surface area contributed by atoms with Crippen LogP contribution >= 0.6 is 11.3 Å². The molecule has 1 N–H and O–H groups in total. The highest BCUT2D eigenvalue weighted by molar-refractivity contribution is 7.90. The van der Waals surface area contributed by atoms with Crippen LogP contribution in [0.2, 0.25) is 0 Å². The molecule has 8 nitrogen and oxygen atoms in total. The van der Waals surface area contributed by atoms with Gasteiger partial charge in [0.15, 0.2) is 9.84 Å². The molecule has 2 heterocycles. The first-order chi connectivity index (χ1) is 14.3. The Morgan fingerprint density at radius 2 is 2.03 bits per heavy atom. The van der Waals surface area contributed by atoms with Gasteiger partial charge in [0.05, 0.1) is 23.1 Å². The maximum Gasteiger partial charge on any atom is 0.248 e. The van der Waals surface area contributed by atoms with Crippen LogP contribution in [-0.4, -0.2) is 63.2 Å². The molecule has 30 heavy (non-hydrogen) atoms. The Balaban J connectivity index is 1.56. The zero-order valence-electron chi connectivity index (χ0n) is 17.0. The highest BCUT2D eigenvalue weighted by Crippen LogP contribution is 2.24. The number of likely N-dealkylation sites (tertiary alicyclic amines) is 1. The van der Waals surface area contributed by atoms with Crippen LogP contribution < -0.4 is 5.32 Å². The topological polar surface area (TPSA) is 106 Å². The zero-order chi connectivity index (χ0) is 21.7. The lowest BCUT2D eigenvalue weighted by Crippen LogP contribution is -2.46. The second kappa shape index (κ2) is 9.67. The van der Waals surface area contributed by atoms with E-state index in [1.807, 2.05) is 5.38 Å². The van der Waals surface area contributed by atoms with Crippen molar-refractivity contribution >= 4 is 33.0 Å². The molecule has 10 heteroatoms. The fraction of sp³-hybridized carbons (Fsp3) is 0.450. The summed E-state index contributed by atoms with van der Waals surface area (Å²) in [7, 11) is -1.75. The van der Waals surface area contributed by atoms with Crippen molar-refractivity contribution in [3.63, 3.8) is 0 Å². The molecule has 0 aliphatic carbocycles. The van der Waals surface area contributed by atoms with Gasteiger partial charge in [0.25, 0.3) is 0 Å². The SMILES string of the molecule is COCC(=O)N1CCC[C@H](C(=O)NCc2nc(-c3ccc(S(C)(=O)=O)cc3)cs2)C1. The zero-order valence-corrected chi connectivity index (χ0v) is 18.6. The third-order valence-corrected chi connectivity index (χ3v) is 6.93. The van der Waals surface area contributed by atoms with Crippen molar-refractivity contribution in [2.24, 2.45) is 5.92 Å². The van der Waals surface area contributed by atoms with E-state index in [-0.39, 0.29) is 29.2 Å². The number of piperidine rings is 1. The summed E-state index contributed by atoms with van der Waals surface area (Å²) in [5.74, 6) is -0.414. The molecule has 2 aromatic rings. The van der Waals surface area contributed by atoms with E-state index in [9.17, 15) is 18.0 Å². The Morgan fingerprint density at radius 1 is 1.30 bits per heavy atom. The maximum absolute atomic E-state index is 12.5. The Kier molecular flexibility index (Phi) is 7.22. The molecule has 1 atom stereocenters. The Morgan fingerprint density at radius 3 is 2.70 bits per heavy atom. The van der Waals surface area contributed by atoms with Crippen LogP contribution in [0.5, 0.6) is 0 Å². The standard InChI is InChI=1S/C20H25N3O5S2/c1-28-12-19(24)23-9-3-4-15(11-23)20(25)21-10-18-22-17(13-29-18)14-5-7-16(8-6-14)30(2,26)27/h5-8,13,15H,3-4,9-12H2,1-2H3,(H,21,25)/t15-/m0/s1. The van der Waals surface area contributed by atoms with Crippen molar-refractivity contribution in [3.8, 4) is 11.3 Å². The Hall–Kier alpha value is -2.30. The number of benzene rings is 1. The van der Waals surface area contributed by atoms with Crippen molar-refractivity contribution in [3.05, 3.63) is 34.7 Å². The van der Waals surface area contributed by atoms with Crippen molar-refractivity contribution in [2.75, 3.05) is 33.1 Å². The number of rotatable bonds is 7. The van der Waals surface area contributed by atoms with Gasteiger partial charge < -0.3 is 15.0 Å². The largest absolute Gasteiger partial charge is 0.375 e. The summed E-state index contributed by atoms with van der Waals surface area (Å²) < 4.78 is 28.0. The summed E-state index contributed by atoms with van der Waals surface area (Å²) in [6, 6.07) is 6.57. The van der Waals surface area contributed by atoms with Crippen LogP contribution in [-0.2, 0) is 30.7 Å². The van der Waals surface area contributed by atoms with E-state index in [4.69, 9.17) is 4.74 Å². The van der Waals surface area contributed by atoms with Crippen molar-refractivity contribution in [1.29, 1.82) is 0 Å². The molecular formula is C20H25N3O5S2. The smallest absolute Gasteiger partial charge is 0.248 e. The Bertz CT molecular complexity index is 1000. The molecule has 0 radical (unpaired) electrons. The number of amides is 2. The summed E-state index contributed by atoms with van der Waals surface area (Å²) in [6.07, 6.45) is 2.71. The minimum absolute atomic E-state index is 0.0292. The number of nitrogens with one attached hydrogen (secondary N) is 1. The first-order valence-electron chi connectivity index (χ1n) is 9.57. The predicted molar refractivity (Wildman–Crippen MR) is 114 cm³/mol. The fourth-order valence-electron chi connectivity index (χ4n) is 3.34. The molecule has 1 fully saturated rings. The van der Waals surface area contributed by atoms with Crippen LogP contribution in [0.1, 0.15) is 17.8 Å². The number of hydrogen-bond donors (Lipinski definition) is 1. The third kappa shape index (κ3) is 5.65. The lowest BCUT2D eigenvalue weighted by molar-refractivity contribution is -0.139. The molecule has 1 aliphatic heterocycles. The van der Waals surface area contributed by atoms with Crippen molar-refractivity contribution in [1.82, 2.24) is 15.2 Å². The molecule has 1 aliphatic rings. The highest BCUT2D eigenvalue weighted by atomic mass is 32.2. The van der Waals surface area contributed by atoms with Gasteiger partial charge in [0.1, 0.15) is 11.6 Å². The van der Waals surface area contributed by atoms with E-state index in [2.05, 4.69) is 10.3 Å². The molecule has 2 amide bonds. The van der Waals surface area contributed by atoms with Gasteiger partial charge in [-0.05, 0) is 25.0 Å². The van der Waals surface area contributed by atoms with Crippen molar-refractivity contribution < 1.29 is 22.7 Å². The quantitative estimate of drug-likeness (QED) is 0.687. The normalized spacial score (nSPS) is 17.0. The second-order valence-electron chi connectivity index (χ2n) is 7.25. The lowest BCUT2D eigenvalue weighted by Gasteiger charge is -2.31. The van der Waals surface area contributed by atoms with Gasteiger partial charge in [-0.1, -0.05) is 12.1 Å². The van der Waals surface area contributed by atoms with Gasteiger partial charge in [-0.25, -0.2) is 13.4 Å². The van der Waals surface area contributed by atoms with E-state index in [1.165, 1.54) is 24.7 Å². The molecule has 0 spiro atoms. The van der Waals surface area contributed by atoms with Crippen LogP contribution in [0.4, 0.5) is 0 Å². The number of nitrogens with zero attached hydrogens (tertiary/aromatic N) is 2. The van der Waals surface area contributed by atoms with Gasteiger partial charge in [0.2, 0.25) is 11.8 Å². The fourth-order valence-corrected chi connectivity index (χ4v) is 4.71. The predicted octanol–water partition coefficient (Wildman–Crippen LogP) is 1.71. The number of thiazole rings is 1. The number of hydrogen-bond acceptors (Lipinski definition) is 7. The van der Waals surface area contributed by atoms with E-state index >= 15 is 0 Å². The first-order valence-corrected chi connectivity index (χ1v) is 12.3. The minimum Gasteiger partial charge on any atom is -0.375 e. The van der Waals surface area contributed by atoms with Crippen LogP contribution in [0.3, 0.4) is 0 Å². The van der Waals surface area contributed by atoms with Crippen LogP contribution in [0, 0.1) is 5.92 Å².